The molecule has 0 aliphatic heterocycles. The number of amides is 3. The van der Waals surface area contributed by atoms with Gasteiger partial charge in [-0.2, -0.15) is 0 Å². The predicted molar refractivity (Wildman–Crippen MR) is 120 cm³/mol. The molecule has 15 heteroatoms. The van der Waals surface area contributed by atoms with Gasteiger partial charge >= 0.3 is 11.9 Å². The zero-order valence-electron chi connectivity index (χ0n) is 19.2. The van der Waals surface area contributed by atoms with Crippen LogP contribution >= 0.6 is 0 Å². The number of carbonyl (C=O) groups excluding carboxylic acids is 3. The number of aliphatic hydroxyl groups excluding tert-OH is 1. The Hall–Kier alpha value is -3.46. The van der Waals surface area contributed by atoms with Crippen LogP contribution in [0.4, 0.5) is 0 Å². The highest BCUT2D eigenvalue weighted by Crippen LogP contribution is 2.06. The number of aliphatic hydroxyl groups is 1. The van der Waals surface area contributed by atoms with E-state index in [9.17, 15) is 34.2 Å². The summed E-state index contributed by atoms with van der Waals surface area (Å²) in [5.41, 5.74) is 16.1. The Bertz CT molecular complexity index is 755. The van der Waals surface area contributed by atoms with Crippen LogP contribution in [0.5, 0.6) is 0 Å². The minimum Gasteiger partial charge on any atom is -0.481 e. The molecule has 0 aliphatic rings. The number of guanidine groups is 1. The fourth-order valence-corrected chi connectivity index (χ4v) is 2.70. The van der Waals surface area contributed by atoms with Crippen molar-refractivity contribution in [1.29, 1.82) is 0 Å². The highest BCUT2D eigenvalue weighted by Gasteiger charge is 2.31. The number of rotatable bonds is 16. The smallest absolute Gasteiger partial charge is 0.326 e. The number of carbonyl (C=O) groups is 5. The monoisotopic (exact) mass is 489 g/mol. The molecular formula is C19H35N7O8. The Morgan fingerprint density at radius 3 is 1.91 bits per heavy atom. The molecule has 3 amide bonds. The Morgan fingerprint density at radius 1 is 0.882 bits per heavy atom. The summed E-state index contributed by atoms with van der Waals surface area (Å²) < 4.78 is 0. The third-order valence-corrected chi connectivity index (χ3v) is 4.63. The molecule has 0 saturated heterocycles. The lowest BCUT2D eigenvalue weighted by Gasteiger charge is -2.25. The fourth-order valence-electron chi connectivity index (χ4n) is 2.70. The van der Waals surface area contributed by atoms with Gasteiger partial charge in [0.25, 0.3) is 0 Å². The number of aliphatic carboxylic acids is 2. The second-order valence-corrected chi connectivity index (χ2v) is 7.86. The molecule has 0 aromatic rings. The molecule has 0 fully saturated rings. The van der Waals surface area contributed by atoms with E-state index in [2.05, 4.69) is 20.9 Å². The van der Waals surface area contributed by atoms with Gasteiger partial charge in [0.05, 0.1) is 12.6 Å². The third kappa shape index (κ3) is 12.0. The number of nitrogens with one attached hydrogen (secondary N) is 3. The van der Waals surface area contributed by atoms with Crippen LogP contribution in [-0.4, -0.2) is 88.3 Å². The summed E-state index contributed by atoms with van der Waals surface area (Å²) in [7, 11) is 0. The van der Waals surface area contributed by atoms with E-state index in [0.717, 1.165) is 0 Å². The van der Waals surface area contributed by atoms with Gasteiger partial charge in [-0.15, -0.1) is 0 Å². The molecule has 194 valence electrons. The van der Waals surface area contributed by atoms with Gasteiger partial charge in [0.15, 0.2) is 5.96 Å². The van der Waals surface area contributed by atoms with Crippen molar-refractivity contribution < 1.29 is 39.3 Å². The average molecular weight is 490 g/mol. The summed E-state index contributed by atoms with van der Waals surface area (Å²) in [5.74, 6) is -5.62. The molecule has 0 heterocycles. The third-order valence-electron chi connectivity index (χ3n) is 4.63. The molecule has 0 rings (SSSR count). The van der Waals surface area contributed by atoms with Crippen molar-refractivity contribution >= 4 is 35.6 Å². The van der Waals surface area contributed by atoms with Gasteiger partial charge in [-0.05, 0) is 25.2 Å². The second-order valence-electron chi connectivity index (χ2n) is 7.86. The van der Waals surface area contributed by atoms with Crippen LogP contribution in [0.3, 0.4) is 0 Å². The predicted octanol–water partition coefficient (Wildman–Crippen LogP) is -3.58. The summed E-state index contributed by atoms with van der Waals surface area (Å²) in [6.07, 6.45) is -0.305. The lowest BCUT2D eigenvalue weighted by Crippen LogP contribution is -2.58. The van der Waals surface area contributed by atoms with Crippen molar-refractivity contribution in [3.8, 4) is 0 Å². The van der Waals surface area contributed by atoms with Gasteiger partial charge in [0, 0.05) is 13.0 Å². The van der Waals surface area contributed by atoms with Crippen molar-refractivity contribution in [2.24, 2.45) is 28.1 Å². The van der Waals surface area contributed by atoms with Crippen LogP contribution in [0, 0.1) is 5.92 Å². The topological polar surface area (TPSA) is 273 Å². The molecule has 0 aromatic carbocycles. The van der Waals surface area contributed by atoms with Gasteiger partial charge in [0.1, 0.15) is 18.1 Å². The lowest BCUT2D eigenvalue weighted by molar-refractivity contribution is -0.143. The normalized spacial score (nSPS) is 14.3. The Labute approximate surface area is 196 Å². The number of carboxylic acid groups (broad SMARTS) is 2. The quantitative estimate of drug-likeness (QED) is 0.0580. The Balaban J connectivity index is 5.35. The van der Waals surface area contributed by atoms with Gasteiger partial charge in [-0.3, -0.25) is 24.2 Å². The molecule has 0 spiro atoms. The number of hydrogen-bond acceptors (Lipinski definition) is 8. The minimum absolute atomic E-state index is 0.0169. The van der Waals surface area contributed by atoms with Gasteiger partial charge in [-0.1, -0.05) is 13.8 Å². The fraction of sp³-hybridized carbons (Fsp3) is 0.684. The largest absolute Gasteiger partial charge is 0.481 e. The maximum atomic E-state index is 12.7. The molecule has 34 heavy (non-hydrogen) atoms. The molecule has 12 N–H and O–H groups in total. The molecule has 0 aliphatic carbocycles. The molecule has 0 aromatic heterocycles. The van der Waals surface area contributed by atoms with Gasteiger partial charge in [0.2, 0.25) is 17.7 Å². The summed E-state index contributed by atoms with van der Waals surface area (Å²) in [6.45, 7) is 2.48. The SMILES string of the molecule is CC(C)C(NC(=O)C(CCCN=C(N)N)NC(=O)C(CO)NC(=O)C(N)CCC(=O)O)C(=O)O. The molecule has 0 bridgehead atoms. The summed E-state index contributed by atoms with van der Waals surface area (Å²) >= 11 is 0. The zero-order valence-corrected chi connectivity index (χ0v) is 19.2. The number of hydrogen-bond donors (Lipinski definition) is 9. The van der Waals surface area contributed by atoms with E-state index < -0.39 is 66.4 Å². The molecular weight excluding hydrogens is 454 g/mol. The lowest BCUT2D eigenvalue weighted by atomic mass is 10.0. The van der Waals surface area contributed by atoms with E-state index in [-0.39, 0.29) is 38.2 Å². The van der Waals surface area contributed by atoms with E-state index in [0.29, 0.717) is 0 Å². The summed E-state index contributed by atoms with van der Waals surface area (Å²) in [5, 5.41) is 34.4. The maximum Gasteiger partial charge on any atom is 0.326 e. The van der Waals surface area contributed by atoms with Crippen molar-refractivity contribution in [1.82, 2.24) is 16.0 Å². The second kappa shape index (κ2) is 15.4. The summed E-state index contributed by atoms with van der Waals surface area (Å²) in [6, 6.07) is -5.17. The highest BCUT2D eigenvalue weighted by molar-refractivity contribution is 5.94. The molecule has 4 atom stereocenters. The highest BCUT2D eigenvalue weighted by atomic mass is 16.4. The van der Waals surface area contributed by atoms with Gasteiger partial charge < -0.3 is 48.5 Å². The molecule has 0 radical (unpaired) electrons. The standard InChI is InChI=1S/C19H35N7O8/c1-9(2)14(18(33)34)26-16(31)11(4-3-7-23-19(21)22)24-17(32)12(8-27)25-15(30)10(20)5-6-13(28)29/h9-12,14,27H,3-8,20H2,1-2H3,(H,24,32)(H,25,30)(H,26,31)(H,28,29)(H,33,34)(H4,21,22,23). The number of nitrogens with two attached hydrogens (primary N) is 3. The zero-order chi connectivity index (χ0) is 26.4. The van der Waals surface area contributed by atoms with Crippen LogP contribution in [0.2, 0.25) is 0 Å². The number of aliphatic imine (C=N–C) groups is 1. The van der Waals surface area contributed by atoms with Crippen LogP contribution in [0.15, 0.2) is 4.99 Å². The first-order valence-corrected chi connectivity index (χ1v) is 10.6. The number of nitrogens with zero attached hydrogens (tertiary/aromatic N) is 1. The van der Waals surface area contributed by atoms with Crippen molar-refractivity contribution in [3.63, 3.8) is 0 Å². The van der Waals surface area contributed by atoms with Gasteiger partial charge in [-0.25, -0.2) is 4.79 Å². The van der Waals surface area contributed by atoms with Crippen LogP contribution in [0.25, 0.3) is 0 Å². The Morgan fingerprint density at radius 2 is 1.44 bits per heavy atom. The van der Waals surface area contributed by atoms with E-state index >= 15 is 0 Å². The Kier molecular flexibility index (Phi) is 13.8. The van der Waals surface area contributed by atoms with E-state index in [1.165, 1.54) is 0 Å². The van der Waals surface area contributed by atoms with E-state index in [1.807, 2.05) is 0 Å². The van der Waals surface area contributed by atoms with Crippen molar-refractivity contribution in [2.75, 3.05) is 13.2 Å². The molecule has 4 unspecified atom stereocenters. The minimum atomic E-state index is -1.49. The maximum absolute atomic E-state index is 12.7. The molecule has 0 saturated carbocycles. The first-order valence-electron chi connectivity index (χ1n) is 10.6. The van der Waals surface area contributed by atoms with E-state index in [4.69, 9.17) is 22.3 Å². The van der Waals surface area contributed by atoms with Crippen LogP contribution in [-0.2, 0) is 24.0 Å². The first kappa shape index (κ1) is 30.5. The van der Waals surface area contributed by atoms with Crippen molar-refractivity contribution in [3.05, 3.63) is 0 Å². The number of carboxylic acids is 2. The van der Waals surface area contributed by atoms with Crippen LogP contribution < -0.4 is 33.2 Å². The van der Waals surface area contributed by atoms with E-state index in [1.54, 1.807) is 13.8 Å². The first-order chi connectivity index (χ1) is 15.8. The summed E-state index contributed by atoms with van der Waals surface area (Å²) in [4.78, 5) is 63.3. The van der Waals surface area contributed by atoms with Crippen LogP contribution in [0.1, 0.15) is 39.5 Å². The van der Waals surface area contributed by atoms with Crippen molar-refractivity contribution in [2.45, 2.75) is 63.7 Å². The average Bonchev–Trinajstić information content (AvgIpc) is 2.74. The molecule has 15 nitrogen and oxygen atoms in total.